The van der Waals surface area contributed by atoms with Crippen LogP contribution >= 0.6 is 11.8 Å². The summed E-state index contributed by atoms with van der Waals surface area (Å²) in [5.41, 5.74) is 6.96. The van der Waals surface area contributed by atoms with E-state index in [0.29, 0.717) is 10.7 Å². The van der Waals surface area contributed by atoms with Gasteiger partial charge in [0.2, 0.25) is 0 Å². The summed E-state index contributed by atoms with van der Waals surface area (Å²) < 4.78 is 40.9. The van der Waals surface area contributed by atoms with Gasteiger partial charge in [0.05, 0.1) is 0 Å². The van der Waals surface area contributed by atoms with Crippen LogP contribution in [0.3, 0.4) is 0 Å². The lowest BCUT2D eigenvalue weighted by Gasteiger charge is -2.13. The summed E-state index contributed by atoms with van der Waals surface area (Å²) >= 11 is 1.44. The van der Waals surface area contributed by atoms with Crippen LogP contribution in [-0.2, 0) is 10.5 Å². The number of amides is 1. The van der Waals surface area contributed by atoms with Crippen LogP contribution in [0, 0.1) is 0 Å². The lowest BCUT2D eigenvalue weighted by Crippen LogP contribution is -2.18. The van der Waals surface area contributed by atoms with Crippen LogP contribution in [-0.4, -0.2) is 17.3 Å². The number of benzene rings is 1. The molecular weight excluding hydrogens is 389 g/mol. The zero-order valence-electron chi connectivity index (χ0n) is 14.3. The van der Waals surface area contributed by atoms with E-state index in [1.54, 1.807) is 24.5 Å². The highest BCUT2D eigenvalue weighted by Crippen LogP contribution is 2.30. The third-order valence-electron chi connectivity index (χ3n) is 3.46. The molecule has 2 aromatic rings. The number of anilines is 1. The summed E-state index contributed by atoms with van der Waals surface area (Å²) in [5, 5.41) is 2.56. The maximum absolute atomic E-state index is 12.6. The van der Waals surface area contributed by atoms with Gasteiger partial charge in [-0.15, -0.1) is 24.9 Å². The number of rotatable bonds is 6. The van der Waals surface area contributed by atoms with Crippen molar-refractivity contribution in [3.63, 3.8) is 0 Å². The van der Waals surface area contributed by atoms with Gasteiger partial charge >= 0.3 is 6.36 Å². The molecule has 4 nitrogen and oxygen atoms in total. The van der Waals surface area contributed by atoms with E-state index in [1.807, 2.05) is 12.1 Å². The van der Waals surface area contributed by atoms with Crippen LogP contribution in [0.5, 0.6) is 5.75 Å². The minimum absolute atomic E-state index is 0.175. The van der Waals surface area contributed by atoms with Crippen molar-refractivity contribution in [3.05, 3.63) is 88.4 Å². The molecule has 0 radical (unpaired) electrons. The van der Waals surface area contributed by atoms with Gasteiger partial charge in [-0.2, -0.15) is 0 Å². The van der Waals surface area contributed by atoms with E-state index in [0.717, 1.165) is 17.7 Å². The number of halogens is 3. The molecule has 142 valence electrons. The van der Waals surface area contributed by atoms with Gasteiger partial charge in [0.25, 0.3) is 5.91 Å². The number of pyridine rings is 1. The maximum Gasteiger partial charge on any atom is 0.573 e. The Balaban J connectivity index is 1.69. The van der Waals surface area contributed by atoms with E-state index in [4.69, 9.17) is 0 Å². The molecule has 1 aliphatic rings. The van der Waals surface area contributed by atoms with Crippen molar-refractivity contribution in [2.24, 2.45) is 0 Å². The number of nitrogens with zero attached hydrogens (tertiary/aromatic N) is 1. The minimum atomic E-state index is -4.80. The third-order valence-corrected chi connectivity index (χ3v) is 4.59. The van der Waals surface area contributed by atoms with Crippen LogP contribution in [0.1, 0.15) is 5.56 Å². The number of alkyl halides is 3. The van der Waals surface area contributed by atoms with Crippen molar-refractivity contribution in [2.75, 3.05) is 5.32 Å². The molecule has 8 heteroatoms. The third kappa shape index (κ3) is 5.66. The number of carbonyl (C=O) groups is 1. The van der Waals surface area contributed by atoms with Gasteiger partial charge in [-0.25, -0.2) is 0 Å². The topological polar surface area (TPSA) is 51.2 Å². The van der Waals surface area contributed by atoms with Gasteiger partial charge in [-0.1, -0.05) is 17.5 Å². The zero-order valence-corrected chi connectivity index (χ0v) is 15.1. The average molecular weight is 402 g/mol. The fourth-order valence-electron chi connectivity index (χ4n) is 2.27. The van der Waals surface area contributed by atoms with Crippen molar-refractivity contribution in [2.45, 2.75) is 12.1 Å². The number of nitrogens with one attached hydrogen (secondary N) is 1. The number of aromatic nitrogens is 1. The summed E-state index contributed by atoms with van der Waals surface area (Å²) in [6.07, 6.45) is 1.94. The van der Waals surface area contributed by atoms with E-state index in [2.05, 4.69) is 26.5 Å². The normalized spacial score (nSPS) is 13.0. The van der Waals surface area contributed by atoms with Crippen molar-refractivity contribution in [1.29, 1.82) is 0 Å². The molecule has 0 spiro atoms. The number of ether oxygens (including phenoxy) is 1. The second kappa shape index (κ2) is 8.67. The Hall–Kier alpha value is -3.18. The van der Waals surface area contributed by atoms with Gasteiger partial charge in [0.15, 0.2) is 0 Å². The number of thioether (sulfide) groups is 1. The molecule has 3 rings (SSSR count). The van der Waals surface area contributed by atoms with E-state index < -0.39 is 18.0 Å². The molecule has 1 aliphatic carbocycles. The Morgan fingerprint density at radius 1 is 1.21 bits per heavy atom. The van der Waals surface area contributed by atoms with Crippen LogP contribution in [0.4, 0.5) is 18.9 Å². The van der Waals surface area contributed by atoms with Crippen LogP contribution in [0.25, 0.3) is 0 Å². The second-order valence-electron chi connectivity index (χ2n) is 5.52. The quantitative estimate of drug-likeness (QED) is 0.692. The zero-order chi connectivity index (χ0) is 20.0. The first-order valence-corrected chi connectivity index (χ1v) is 9.00. The molecule has 1 aromatic carbocycles. The van der Waals surface area contributed by atoms with Gasteiger partial charge in [-0.05, 0) is 42.0 Å². The Morgan fingerprint density at radius 3 is 2.75 bits per heavy atom. The molecule has 28 heavy (non-hydrogen) atoms. The van der Waals surface area contributed by atoms with Gasteiger partial charge < -0.3 is 10.1 Å². The molecule has 1 heterocycles. The summed E-state index contributed by atoms with van der Waals surface area (Å²) in [7, 11) is 0. The smallest absolute Gasteiger partial charge is 0.406 e. The predicted molar refractivity (Wildman–Crippen MR) is 100 cm³/mol. The number of carbonyl (C=O) groups excluding carboxylic acids is 1. The lowest BCUT2D eigenvalue weighted by atomic mass is 10.2. The van der Waals surface area contributed by atoms with Gasteiger partial charge in [-0.3, -0.25) is 9.78 Å². The molecule has 0 saturated heterocycles. The molecular formula is C20H13F3N2O2S. The highest BCUT2D eigenvalue weighted by atomic mass is 32.2. The Labute approximate surface area is 163 Å². The first-order chi connectivity index (χ1) is 13.4. The molecule has 0 atom stereocenters. The van der Waals surface area contributed by atoms with E-state index in [1.165, 1.54) is 23.9 Å². The van der Waals surface area contributed by atoms with Crippen LogP contribution < -0.4 is 10.1 Å². The number of allylic oxidation sites excluding steroid dienone is 2. The molecule has 0 fully saturated rings. The lowest BCUT2D eigenvalue weighted by molar-refractivity contribution is -0.274. The minimum Gasteiger partial charge on any atom is -0.406 e. The van der Waals surface area contributed by atoms with Gasteiger partial charge in [0, 0.05) is 34.8 Å². The molecule has 1 aromatic heterocycles. The van der Waals surface area contributed by atoms with E-state index in [9.17, 15) is 18.0 Å². The monoisotopic (exact) mass is 402 g/mol. The van der Waals surface area contributed by atoms with E-state index in [-0.39, 0.29) is 11.3 Å². The molecule has 0 unspecified atom stereocenters. The van der Waals surface area contributed by atoms with Crippen molar-refractivity contribution in [3.8, 4) is 5.75 Å². The fraction of sp³-hybridized carbons (Fsp3) is 0.100. The standard InChI is InChI=1S/C20H13F3N2O2S/c21-20(22,23)27-16-5-3-4-15(12-16)25-19(26)17-6-1-2-7-18(17)28-13-14-8-10-24-11-9-14/h2-5,7-12H,13H2,(H,25,26). The summed E-state index contributed by atoms with van der Waals surface area (Å²) in [6, 6.07) is 8.83. The Kier molecular flexibility index (Phi) is 6.06. The summed E-state index contributed by atoms with van der Waals surface area (Å²) in [4.78, 5) is 17.2. The predicted octanol–water partition coefficient (Wildman–Crippen LogP) is 4.99. The highest BCUT2D eigenvalue weighted by molar-refractivity contribution is 8.02. The molecule has 0 bridgehead atoms. The Bertz CT molecular complexity index is 1000. The molecule has 1 N–H and O–H groups in total. The first kappa shape index (κ1) is 19.6. The summed E-state index contributed by atoms with van der Waals surface area (Å²) in [5.74, 6) is -0.297. The number of hydrogen-bond acceptors (Lipinski definition) is 4. The molecule has 0 aliphatic heterocycles. The highest BCUT2D eigenvalue weighted by Gasteiger charge is 2.31. The summed E-state index contributed by atoms with van der Waals surface area (Å²) in [6.45, 7) is 0. The number of hydrogen-bond donors (Lipinski definition) is 1. The largest absolute Gasteiger partial charge is 0.573 e. The molecule has 1 amide bonds. The first-order valence-electron chi connectivity index (χ1n) is 8.02. The Morgan fingerprint density at radius 2 is 2.00 bits per heavy atom. The second-order valence-corrected chi connectivity index (χ2v) is 6.53. The van der Waals surface area contributed by atoms with Crippen molar-refractivity contribution in [1.82, 2.24) is 4.98 Å². The van der Waals surface area contributed by atoms with Crippen molar-refractivity contribution < 1.29 is 22.7 Å². The van der Waals surface area contributed by atoms with Gasteiger partial charge in [0.1, 0.15) is 11.3 Å². The van der Waals surface area contributed by atoms with Crippen molar-refractivity contribution >= 4 is 23.4 Å². The maximum atomic E-state index is 12.6. The molecule has 0 saturated carbocycles. The van der Waals surface area contributed by atoms with Crippen LogP contribution in [0.15, 0.2) is 82.9 Å². The average Bonchev–Trinajstić information content (AvgIpc) is 2.66. The van der Waals surface area contributed by atoms with Crippen LogP contribution in [0.2, 0.25) is 0 Å². The van der Waals surface area contributed by atoms with E-state index >= 15 is 0 Å². The SMILES string of the molecule is O=C(Nc1cccc(OC(F)(F)F)c1)C1=C=C=CC=C1SCc1ccncc1. The fourth-order valence-corrected chi connectivity index (χ4v) is 3.24.